The van der Waals surface area contributed by atoms with Crippen LogP contribution in [0.1, 0.15) is 46.0 Å². The van der Waals surface area contributed by atoms with Crippen molar-refractivity contribution in [2.45, 2.75) is 51.5 Å². The van der Waals surface area contributed by atoms with E-state index in [1.54, 1.807) is 4.31 Å². The van der Waals surface area contributed by atoms with Crippen LogP contribution in [0.25, 0.3) is 0 Å². The van der Waals surface area contributed by atoms with Gasteiger partial charge in [-0.2, -0.15) is 0 Å². The van der Waals surface area contributed by atoms with Crippen LogP contribution >= 0.6 is 0 Å². The van der Waals surface area contributed by atoms with Crippen molar-refractivity contribution in [2.75, 3.05) is 25.9 Å². The Hall–Kier alpha value is -0.130. The molecule has 5 heteroatoms. The van der Waals surface area contributed by atoms with Crippen molar-refractivity contribution in [2.24, 2.45) is 11.8 Å². The molecule has 0 bridgehead atoms. The first-order chi connectivity index (χ1) is 8.83. The second-order valence-electron chi connectivity index (χ2n) is 6.67. The summed E-state index contributed by atoms with van der Waals surface area (Å²) < 4.78 is 25.1. The van der Waals surface area contributed by atoms with Crippen LogP contribution in [0.15, 0.2) is 0 Å². The van der Waals surface area contributed by atoms with Crippen molar-refractivity contribution >= 4 is 10.0 Å². The summed E-state index contributed by atoms with van der Waals surface area (Å²) in [6, 6.07) is 0. The molecule has 0 aromatic rings. The topological polar surface area (TPSA) is 49.4 Å². The molecule has 0 aliphatic carbocycles. The van der Waals surface area contributed by atoms with Crippen LogP contribution in [0, 0.1) is 11.8 Å². The van der Waals surface area contributed by atoms with E-state index < -0.39 is 10.0 Å². The molecule has 0 saturated carbocycles. The molecule has 2 unspecified atom stereocenters. The molecule has 0 amide bonds. The van der Waals surface area contributed by atoms with E-state index in [9.17, 15) is 8.42 Å². The summed E-state index contributed by atoms with van der Waals surface area (Å²) >= 11 is 0. The summed E-state index contributed by atoms with van der Waals surface area (Å²) in [6.45, 7) is 7.11. The third-order valence-corrected chi connectivity index (χ3v) is 6.26. The Bertz CT molecular complexity index is 400. The number of hydrogen-bond acceptors (Lipinski definition) is 3. The first-order valence-electron chi connectivity index (χ1n) is 7.54. The minimum absolute atomic E-state index is 0.241. The number of rotatable bonds is 4. The van der Waals surface area contributed by atoms with Gasteiger partial charge in [0.25, 0.3) is 0 Å². The van der Waals surface area contributed by atoms with Crippen LogP contribution in [0.3, 0.4) is 0 Å². The Labute approximate surface area is 118 Å². The molecular weight excluding hydrogens is 260 g/mol. The Balaban J connectivity index is 2.02. The van der Waals surface area contributed by atoms with Crippen LogP contribution in [0.5, 0.6) is 0 Å². The maximum atomic E-state index is 11.7. The van der Waals surface area contributed by atoms with Crippen molar-refractivity contribution in [1.29, 1.82) is 0 Å². The lowest BCUT2D eigenvalue weighted by Crippen LogP contribution is -2.49. The lowest BCUT2D eigenvalue weighted by Gasteiger charge is -2.40. The van der Waals surface area contributed by atoms with Gasteiger partial charge in [-0.1, -0.05) is 13.8 Å². The number of hydrogen-bond donors (Lipinski definition) is 1. The highest BCUT2D eigenvalue weighted by molar-refractivity contribution is 7.88. The number of sulfonamides is 1. The van der Waals surface area contributed by atoms with Gasteiger partial charge in [0.1, 0.15) is 0 Å². The van der Waals surface area contributed by atoms with Gasteiger partial charge in [-0.15, -0.1) is 0 Å². The van der Waals surface area contributed by atoms with Crippen LogP contribution < -0.4 is 5.32 Å². The lowest BCUT2D eigenvalue weighted by atomic mass is 9.76. The van der Waals surface area contributed by atoms with E-state index in [0.717, 1.165) is 25.9 Å². The molecule has 2 rings (SSSR count). The van der Waals surface area contributed by atoms with Gasteiger partial charge in [0.05, 0.1) is 6.26 Å². The first kappa shape index (κ1) is 15.3. The summed E-state index contributed by atoms with van der Waals surface area (Å²) in [4.78, 5) is 0. The predicted octanol–water partition coefficient (Wildman–Crippen LogP) is 1.83. The van der Waals surface area contributed by atoms with E-state index >= 15 is 0 Å². The Morgan fingerprint density at radius 3 is 2.63 bits per heavy atom. The third-order valence-electron chi connectivity index (χ3n) is 4.99. The van der Waals surface area contributed by atoms with E-state index in [4.69, 9.17) is 0 Å². The second kappa shape index (κ2) is 5.70. The van der Waals surface area contributed by atoms with Crippen LogP contribution in [-0.2, 0) is 10.0 Å². The van der Waals surface area contributed by atoms with Crippen LogP contribution in [0.4, 0.5) is 0 Å². The van der Waals surface area contributed by atoms with Crippen molar-refractivity contribution in [1.82, 2.24) is 9.62 Å². The van der Waals surface area contributed by atoms with E-state index in [0.29, 0.717) is 18.4 Å². The largest absolute Gasteiger partial charge is 0.311 e. The third kappa shape index (κ3) is 3.50. The van der Waals surface area contributed by atoms with Gasteiger partial charge in [-0.3, -0.25) is 0 Å². The minimum Gasteiger partial charge on any atom is -0.311 e. The monoisotopic (exact) mass is 288 g/mol. The highest BCUT2D eigenvalue weighted by Crippen LogP contribution is 2.36. The van der Waals surface area contributed by atoms with Gasteiger partial charge in [0.15, 0.2) is 0 Å². The van der Waals surface area contributed by atoms with Crippen LogP contribution in [-0.4, -0.2) is 44.2 Å². The molecule has 2 aliphatic rings. The zero-order chi connectivity index (χ0) is 14.1. The molecule has 0 aromatic carbocycles. The number of piperidine rings is 1. The number of nitrogens with one attached hydrogen (secondary N) is 1. The van der Waals surface area contributed by atoms with Crippen molar-refractivity contribution < 1.29 is 8.42 Å². The van der Waals surface area contributed by atoms with E-state index in [1.165, 1.54) is 25.5 Å². The molecular formula is C14H28N2O2S. The maximum absolute atomic E-state index is 11.7. The summed E-state index contributed by atoms with van der Waals surface area (Å²) in [5.41, 5.74) is 0.241. The SMILES string of the molecule is CC(C)C1(CC2CCCN(S(C)(=O)=O)C2)CCCN1. The molecule has 4 nitrogen and oxygen atoms in total. The van der Waals surface area contributed by atoms with Gasteiger partial charge in [-0.05, 0) is 50.5 Å². The predicted molar refractivity (Wildman–Crippen MR) is 78.6 cm³/mol. The molecule has 0 aromatic heterocycles. The van der Waals surface area contributed by atoms with Gasteiger partial charge < -0.3 is 5.32 Å². The zero-order valence-electron chi connectivity index (χ0n) is 12.5. The Kier molecular flexibility index (Phi) is 4.58. The molecule has 2 saturated heterocycles. The van der Waals surface area contributed by atoms with Crippen molar-refractivity contribution in [3.05, 3.63) is 0 Å². The summed E-state index contributed by atoms with van der Waals surface area (Å²) in [5, 5.41) is 3.70. The van der Waals surface area contributed by atoms with Gasteiger partial charge in [-0.25, -0.2) is 12.7 Å². The Morgan fingerprint density at radius 2 is 2.11 bits per heavy atom. The highest BCUT2D eigenvalue weighted by Gasteiger charge is 2.39. The number of nitrogens with zero attached hydrogens (tertiary/aromatic N) is 1. The van der Waals surface area contributed by atoms with E-state index in [1.807, 2.05) is 0 Å². The average Bonchev–Trinajstić information content (AvgIpc) is 2.78. The normalized spacial score (nSPS) is 34.0. The molecule has 1 N–H and O–H groups in total. The fourth-order valence-electron chi connectivity index (χ4n) is 3.74. The molecule has 2 fully saturated rings. The Morgan fingerprint density at radius 1 is 1.37 bits per heavy atom. The molecule has 2 heterocycles. The second-order valence-corrected chi connectivity index (χ2v) is 8.66. The summed E-state index contributed by atoms with van der Waals surface area (Å²) in [5.74, 6) is 1.13. The fraction of sp³-hybridized carbons (Fsp3) is 1.00. The average molecular weight is 288 g/mol. The zero-order valence-corrected chi connectivity index (χ0v) is 13.3. The lowest BCUT2D eigenvalue weighted by molar-refractivity contribution is 0.166. The standard InChI is InChI=1S/C14H28N2O2S/c1-12(2)14(7-5-8-15-14)10-13-6-4-9-16(11-13)19(3,17)18/h12-13,15H,4-11H2,1-3H3. The molecule has 19 heavy (non-hydrogen) atoms. The van der Waals surface area contributed by atoms with E-state index in [2.05, 4.69) is 19.2 Å². The summed E-state index contributed by atoms with van der Waals surface area (Å²) in [7, 11) is -3.02. The molecule has 112 valence electrons. The maximum Gasteiger partial charge on any atom is 0.211 e. The smallest absolute Gasteiger partial charge is 0.211 e. The highest BCUT2D eigenvalue weighted by atomic mass is 32.2. The van der Waals surface area contributed by atoms with Crippen molar-refractivity contribution in [3.63, 3.8) is 0 Å². The van der Waals surface area contributed by atoms with Gasteiger partial charge >= 0.3 is 0 Å². The molecule has 0 radical (unpaired) electrons. The quantitative estimate of drug-likeness (QED) is 0.858. The van der Waals surface area contributed by atoms with Gasteiger partial charge in [0.2, 0.25) is 10.0 Å². The summed E-state index contributed by atoms with van der Waals surface area (Å²) in [6.07, 6.45) is 7.12. The van der Waals surface area contributed by atoms with E-state index in [-0.39, 0.29) is 5.54 Å². The van der Waals surface area contributed by atoms with Crippen molar-refractivity contribution in [3.8, 4) is 0 Å². The van der Waals surface area contributed by atoms with Gasteiger partial charge in [0, 0.05) is 18.6 Å². The molecule has 2 aliphatic heterocycles. The molecule has 0 spiro atoms. The fourth-order valence-corrected chi connectivity index (χ4v) is 4.68. The molecule has 2 atom stereocenters. The first-order valence-corrected chi connectivity index (χ1v) is 9.38. The van der Waals surface area contributed by atoms with Crippen LogP contribution in [0.2, 0.25) is 0 Å². The minimum atomic E-state index is -3.02.